The van der Waals surface area contributed by atoms with E-state index in [-0.39, 0.29) is 4.99 Å². The molecule has 0 radical (unpaired) electrons. The third kappa shape index (κ3) is 5.41. The van der Waals surface area contributed by atoms with Crippen LogP contribution in [0.25, 0.3) is 0 Å². The molecule has 136 valence electrons. The molecule has 9 nitrogen and oxygen atoms in total. The zero-order chi connectivity index (χ0) is 18.4. The second-order valence-electron chi connectivity index (χ2n) is 5.55. The van der Waals surface area contributed by atoms with E-state index in [9.17, 15) is 24.9 Å². The Morgan fingerprint density at radius 3 is 2.54 bits per heavy atom. The monoisotopic (exact) mass is 362 g/mol. The summed E-state index contributed by atoms with van der Waals surface area (Å²) in [5, 5.41) is 40.6. The number of amides is 1. The van der Waals surface area contributed by atoms with Crippen LogP contribution in [-0.2, 0) is 14.3 Å². The predicted octanol–water partition coefficient (Wildman–Crippen LogP) is -1.74. The Balaban J connectivity index is 3.17. The molecule has 0 aliphatic carbocycles. The second-order valence-corrected chi connectivity index (χ2v) is 6.08. The van der Waals surface area contributed by atoms with Gasteiger partial charge in [0.25, 0.3) is 0 Å². The first-order valence-electron chi connectivity index (χ1n) is 7.31. The van der Waals surface area contributed by atoms with Crippen LogP contribution >= 0.6 is 12.2 Å². The van der Waals surface area contributed by atoms with E-state index in [1.54, 1.807) is 0 Å². The molecule has 24 heavy (non-hydrogen) atoms. The number of carbonyl (C=O) groups is 2. The van der Waals surface area contributed by atoms with Crippen molar-refractivity contribution in [1.82, 2.24) is 5.32 Å². The maximum atomic E-state index is 11.5. The summed E-state index contributed by atoms with van der Waals surface area (Å²) >= 11 is 4.81. The van der Waals surface area contributed by atoms with Crippen molar-refractivity contribution in [2.24, 2.45) is 11.7 Å². The SMILES string of the molecule is CC(=O)N[C@H]1C([C@H](O)[C@H](O)CO)OC(C(=O)O)=C[C@@H]1CCC(N)=S. The lowest BCUT2D eigenvalue weighted by atomic mass is 9.84. The molecule has 0 fully saturated rings. The highest BCUT2D eigenvalue weighted by Crippen LogP contribution is 2.29. The number of aliphatic carboxylic acids is 1. The van der Waals surface area contributed by atoms with Crippen molar-refractivity contribution in [2.75, 3.05) is 6.61 Å². The molecule has 0 saturated heterocycles. The molecule has 1 aliphatic heterocycles. The number of aliphatic hydroxyl groups excluding tert-OH is 3. The largest absolute Gasteiger partial charge is 0.478 e. The van der Waals surface area contributed by atoms with Gasteiger partial charge in [-0.3, -0.25) is 4.79 Å². The predicted molar refractivity (Wildman–Crippen MR) is 86.8 cm³/mol. The topological polar surface area (TPSA) is 162 Å². The van der Waals surface area contributed by atoms with E-state index in [0.717, 1.165) is 0 Å². The van der Waals surface area contributed by atoms with E-state index in [0.29, 0.717) is 12.8 Å². The van der Waals surface area contributed by atoms with Crippen molar-refractivity contribution in [1.29, 1.82) is 0 Å². The van der Waals surface area contributed by atoms with Gasteiger partial charge in [-0.15, -0.1) is 0 Å². The van der Waals surface area contributed by atoms with Crippen LogP contribution in [0.1, 0.15) is 19.8 Å². The molecule has 1 heterocycles. The fourth-order valence-electron chi connectivity index (χ4n) is 2.53. The lowest BCUT2D eigenvalue weighted by molar-refractivity contribution is -0.147. The van der Waals surface area contributed by atoms with Crippen LogP contribution in [-0.4, -0.2) is 68.3 Å². The van der Waals surface area contributed by atoms with Gasteiger partial charge in [-0.1, -0.05) is 12.2 Å². The number of rotatable bonds is 8. The Hall–Kier alpha value is -1.75. The minimum Gasteiger partial charge on any atom is -0.478 e. The summed E-state index contributed by atoms with van der Waals surface area (Å²) in [5.74, 6) is -2.74. The van der Waals surface area contributed by atoms with Crippen molar-refractivity contribution in [3.63, 3.8) is 0 Å². The van der Waals surface area contributed by atoms with Gasteiger partial charge in [0.05, 0.1) is 17.6 Å². The molecule has 1 aliphatic rings. The Morgan fingerprint density at radius 2 is 2.08 bits per heavy atom. The fourth-order valence-corrected chi connectivity index (χ4v) is 2.65. The highest BCUT2D eigenvalue weighted by molar-refractivity contribution is 7.80. The molecule has 5 atom stereocenters. The summed E-state index contributed by atoms with van der Waals surface area (Å²) in [6.45, 7) is 0.504. The first kappa shape index (κ1) is 20.3. The van der Waals surface area contributed by atoms with Crippen LogP contribution in [0, 0.1) is 5.92 Å². The minimum absolute atomic E-state index is 0.223. The fraction of sp³-hybridized carbons (Fsp3) is 0.643. The maximum absolute atomic E-state index is 11.5. The summed E-state index contributed by atoms with van der Waals surface area (Å²) in [6.07, 6.45) is -2.50. The number of aliphatic hydroxyl groups is 3. The lowest BCUT2D eigenvalue weighted by Gasteiger charge is -2.40. The Kier molecular flexibility index (Phi) is 7.55. The van der Waals surface area contributed by atoms with Crippen LogP contribution in [0.2, 0.25) is 0 Å². The maximum Gasteiger partial charge on any atom is 0.370 e. The van der Waals surface area contributed by atoms with E-state index < -0.39 is 54.5 Å². The molecule has 0 bridgehead atoms. The van der Waals surface area contributed by atoms with Crippen LogP contribution in [0.15, 0.2) is 11.8 Å². The van der Waals surface area contributed by atoms with E-state index in [4.69, 9.17) is 27.8 Å². The van der Waals surface area contributed by atoms with Crippen LogP contribution in [0.4, 0.5) is 0 Å². The second kappa shape index (κ2) is 8.92. The molecule has 1 unspecified atom stereocenters. The molecule has 0 aromatic heterocycles. The summed E-state index contributed by atoms with van der Waals surface area (Å²) in [4.78, 5) is 22.9. The molecule has 1 rings (SSSR count). The number of thiocarbonyl (C=S) groups is 1. The zero-order valence-corrected chi connectivity index (χ0v) is 13.9. The van der Waals surface area contributed by atoms with E-state index >= 15 is 0 Å². The Morgan fingerprint density at radius 1 is 1.46 bits per heavy atom. The van der Waals surface area contributed by atoms with Crippen LogP contribution in [0.3, 0.4) is 0 Å². The quantitative estimate of drug-likeness (QED) is 0.275. The molecule has 0 spiro atoms. The molecule has 1 amide bonds. The average Bonchev–Trinajstić information content (AvgIpc) is 2.51. The lowest BCUT2D eigenvalue weighted by Crippen LogP contribution is -2.58. The van der Waals surface area contributed by atoms with Crippen molar-refractivity contribution >= 4 is 29.1 Å². The minimum atomic E-state index is -1.61. The van der Waals surface area contributed by atoms with Gasteiger partial charge < -0.3 is 36.2 Å². The molecule has 0 saturated carbocycles. The molecular formula is C14H22N2O7S. The van der Waals surface area contributed by atoms with Gasteiger partial charge in [-0.25, -0.2) is 4.79 Å². The van der Waals surface area contributed by atoms with Gasteiger partial charge in [0.2, 0.25) is 11.7 Å². The number of carboxylic acid groups (broad SMARTS) is 1. The molecule has 0 aromatic rings. The molecule has 10 heteroatoms. The zero-order valence-electron chi connectivity index (χ0n) is 13.1. The molecule has 0 aromatic carbocycles. The van der Waals surface area contributed by atoms with Crippen LogP contribution < -0.4 is 11.1 Å². The molecular weight excluding hydrogens is 340 g/mol. The summed E-state index contributed by atoms with van der Waals surface area (Å²) in [6, 6.07) is -0.823. The number of ether oxygens (including phenoxy) is 1. The number of hydrogen-bond acceptors (Lipinski definition) is 7. The normalized spacial score (nSPS) is 25.8. The van der Waals surface area contributed by atoms with Gasteiger partial charge in [-0.05, 0) is 18.9 Å². The Labute approximate surface area is 144 Å². The van der Waals surface area contributed by atoms with Crippen molar-refractivity contribution in [3.8, 4) is 0 Å². The van der Waals surface area contributed by atoms with Crippen LogP contribution in [0.5, 0.6) is 0 Å². The van der Waals surface area contributed by atoms with Gasteiger partial charge in [0.15, 0.2) is 0 Å². The van der Waals surface area contributed by atoms with Gasteiger partial charge in [0.1, 0.15) is 18.3 Å². The summed E-state index contributed by atoms with van der Waals surface area (Å²) in [5.41, 5.74) is 5.47. The first-order chi connectivity index (χ1) is 11.2. The molecule has 7 N–H and O–H groups in total. The third-order valence-electron chi connectivity index (χ3n) is 3.67. The van der Waals surface area contributed by atoms with Crippen molar-refractivity contribution < 1.29 is 34.8 Å². The van der Waals surface area contributed by atoms with Crippen molar-refractivity contribution in [2.45, 2.75) is 44.1 Å². The Bertz CT molecular complexity index is 525. The van der Waals surface area contributed by atoms with E-state index in [1.165, 1.54) is 13.0 Å². The average molecular weight is 362 g/mol. The standard InChI is InChI=1S/C14H22N2O7S/c1-6(18)16-11-7(2-3-10(15)24)4-9(14(21)22)23-13(11)12(20)8(19)5-17/h4,7-8,11-13,17,19-20H,2-3,5H2,1H3,(H2,15,24)(H,16,18)(H,21,22)/t7-,8+,11+,12+,13?/m0/s1. The number of carboxylic acids is 1. The summed E-state index contributed by atoms with van der Waals surface area (Å²) in [7, 11) is 0. The van der Waals surface area contributed by atoms with Crippen molar-refractivity contribution in [3.05, 3.63) is 11.8 Å². The summed E-state index contributed by atoms with van der Waals surface area (Å²) < 4.78 is 5.24. The number of carbonyl (C=O) groups excluding carboxylic acids is 1. The van der Waals surface area contributed by atoms with Gasteiger partial charge in [0, 0.05) is 12.8 Å². The van der Waals surface area contributed by atoms with Gasteiger partial charge >= 0.3 is 5.97 Å². The van der Waals surface area contributed by atoms with E-state index in [1.807, 2.05) is 0 Å². The highest BCUT2D eigenvalue weighted by atomic mass is 32.1. The highest BCUT2D eigenvalue weighted by Gasteiger charge is 2.43. The third-order valence-corrected chi connectivity index (χ3v) is 3.87. The number of hydrogen-bond donors (Lipinski definition) is 6. The smallest absolute Gasteiger partial charge is 0.370 e. The number of nitrogens with one attached hydrogen (secondary N) is 1. The van der Waals surface area contributed by atoms with E-state index in [2.05, 4.69) is 5.32 Å². The van der Waals surface area contributed by atoms with Gasteiger partial charge in [-0.2, -0.15) is 0 Å². The number of nitrogens with two attached hydrogens (primary N) is 1. The first-order valence-corrected chi connectivity index (χ1v) is 7.72.